The molecule has 1 fully saturated rings. The summed E-state index contributed by atoms with van der Waals surface area (Å²) >= 11 is 0. The van der Waals surface area contributed by atoms with E-state index in [4.69, 9.17) is 9.72 Å². The Bertz CT molecular complexity index is 681. The maximum atomic E-state index is 14.1. The predicted octanol–water partition coefficient (Wildman–Crippen LogP) is 5.11. The van der Waals surface area contributed by atoms with Crippen molar-refractivity contribution in [3.8, 4) is 11.4 Å². The lowest BCUT2D eigenvalue weighted by Gasteiger charge is -2.27. The highest BCUT2D eigenvalue weighted by atomic mass is 19.1. The van der Waals surface area contributed by atoms with E-state index in [1.807, 2.05) is 12.1 Å². The fraction of sp³-hybridized carbons (Fsp3) is 0.500. The topological polar surface area (TPSA) is 35.0 Å². The van der Waals surface area contributed by atoms with Crippen LogP contribution in [0, 0.1) is 11.7 Å². The predicted molar refractivity (Wildman–Crippen MR) is 93.1 cm³/mol. The van der Waals surface area contributed by atoms with Crippen molar-refractivity contribution in [2.24, 2.45) is 5.92 Å². The Hall–Kier alpha value is -1.81. The standard InChI is InChI=1S/C20H25FN2O/c1-3-14-4-6-15(7-5-14)19-10-11-22-20(23-19)16-8-9-17(13-24-2)18(21)12-16/h8-12,14-15H,3-7,13H2,1-2H3. The Balaban J connectivity index is 1.79. The van der Waals surface area contributed by atoms with Crippen molar-refractivity contribution < 1.29 is 9.13 Å². The summed E-state index contributed by atoms with van der Waals surface area (Å²) in [6.45, 7) is 2.54. The highest BCUT2D eigenvalue weighted by Gasteiger charge is 2.22. The molecule has 0 spiro atoms. The van der Waals surface area contributed by atoms with Gasteiger partial charge in [-0.1, -0.05) is 25.5 Å². The van der Waals surface area contributed by atoms with Crippen LogP contribution in [0.15, 0.2) is 30.5 Å². The number of ether oxygens (including phenoxy) is 1. The molecular formula is C20H25FN2O. The molecule has 0 radical (unpaired) electrons. The first-order valence-electron chi connectivity index (χ1n) is 8.82. The summed E-state index contributed by atoms with van der Waals surface area (Å²) in [5, 5.41) is 0. The van der Waals surface area contributed by atoms with Crippen molar-refractivity contribution in [2.45, 2.75) is 51.6 Å². The smallest absolute Gasteiger partial charge is 0.159 e. The molecule has 128 valence electrons. The highest BCUT2D eigenvalue weighted by Crippen LogP contribution is 2.36. The second-order valence-corrected chi connectivity index (χ2v) is 6.67. The lowest BCUT2D eigenvalue weighted by Crippen LogP contribution is -2.14. The van der Waals surface area contributed by atoms with Crippen molar-refractivity contribution >= 4 is 0 Å². The number of nitrogens with zero attached hydrogens (tertiary/aromatic N) is 2. The fourth-order valence-electron chi connectivity index (χ4n) is 3.56. The number of halogens is 1. The van der Waals surface area contributed by atoms with Gasteiger partial charge in [0.15, 0.2) is 5.82 Å². The average Bonchev–Trinajstić information content (AvgIpc) is 2.64. The average molecular weight is 328 g/mol. The Morgan fingerprint density at radius 1 is 1.17 bits per heavy atom. The minimum atomic E-state index is -0.271. The maximum Gasteiger partial charge on any atom is 0.159 e. The van der Waals surface area contributed by atoms with Crippen LogP contribution in [-0.2, 0) is 11.3 Å². The summed E-state index contributed by atoms with van der Waals surface area (Å²) in [5.74, 6) is 1.71. The number of methoxy groups -OCH3 is 1. The molecule has 24 heavy (non-hydrogen) atoms. The lowest BCUT2D eigenvalue weighted by molar-refractivity contribution is 0.181. The van der Waals surface area contributed by atoms with Crippen LogP contribution >= 0.6 is 0 Å². The molecule has 0 N–H and O–H groups in total. The van der Waals surface area contributed by atoms with Crippen LogP contribution in [0.5, 0.6) is 0 Å². The number of rotatable bonds is 5. The van der Waals surface area contributed by atoms with E-state index in [9.17, 15) is 4.39 Å². The van der Waals surface area contributed by atoms with Crippen molar-refractivity contribution in [3.05, 3.63) is 47.5 Å². The van der Waals surface area contributed by atoms with Crippen molar-refractivity contribution in [3.63, 3.8) is 0 Å². The van der Waals surface area contributed by atoms with Gasteiger partial charge in [-0.2, -0.15) is 0 Å². The molecule has 1 heterocycles. The maximum absolute atomic E-state index is 14.1. The zero-order valence-electron chi connectivity index (χ0n) is 14.5. The van der Waals surface area contributed by atoms with Gasteiger partial charge in [0.2, 0.25) is 0 Å². The third-order valence-corrected chi connectivity index (χ3v) is 5.13. The van der Waals surface area contributed by atoms with Gasteiger partial charge in [0.05, 0.1) is 6.61 Å². The van der Waals surface area contributed by atoms with Crippen molar-refractivity contribution in [1.82, 2.24) is 9.97 Å². The molecule has 1 aromatic heterocycles. The van der Waals surface area contributed by atoms with Crippen LogP contribution in [-0.4, -0.2) is 17.1 Å². The molecule has 0 atom stereocenters. The van der Waals surface area contributed by atoms with Crippen LogP contribution < -0.4 is 0 Å². The van der Waals surface area contributed by atoms with Gasteiger partial charge < -0.3 is 4.74 Å². The molecule has 1 aliphatic rings. The number of hydrogen-bond donors (Lipinski definition) is 0. The van der Waals surface area contributed by atoms with E-state index in [0.29, 0.717) is 17.3 Å². The normalized spacial score (nSPS) is 21.0. The van der Waals surface area contributed by atoms with E-state index >= 15 is 0 Å². The molecule has 2 aromatic rings. The molecule has 3 nitrogen and oxygen atoms in total. The zero-order chi connectivity index (χ0) is 16.9. The van der Waals surface area contributed by atoms with E-state index in [2.05, 4.69) is 11.9 Å². The first kappa shape index (κ1) is 17.0. The molecule has 3 rings (SSSR count). The molecule has 0 amide bonds. The molecule has 1 saturated carbocycles. The van der Waals surface area contributed by atoms with Gasteiger partial charge in [-0.3, -0.25) is 0 Å². The van der Waals surface area contributed by atoms with Crippen LogP contribution in [0.3, 0.4) is 0 Å². The molecule has 0 bridgehead atoms. The number of hydrogen-bond acceptors (Lipinski definition) is 3. The third kappa shape index (κ3) is 3.81. The molecule has 0 unspecified atom stereocenters. The third-order valence-electron chi connectivity index (χ3n) is 5.13. The van der Waals surface area contributed by atoms with Gasteiger partial charge in [0.1, 0.15) is 5.82 Å². The SMILES string of the molecule is CCC1CCC(c2ccnc(-c3ccc(COC)c(F)c3)n2)CC1. The summed E-state index contributed by atoms with van der Waals surface area (Å²) in [4.78, 5) is 9.07. The van der Waals surface area contributed by atoms with Gasteiger partial charge in [-0.25, -0.2) is 14.4 Å². The largest absolute Gasteiger partial charge is 0.380 e. The minimum absolute atomic E-state index is 0.271. The summed E-state index contributed by atoms with van der Waals surface area (Å²) < 4.78 is 19.1. The fourth-order valence-corrected chi connectivity index (χ4v) is 3.56. The summed E-state index contributed by atoms with van der Waals surface area (Å²) in [7, 11) is 1.56. The summed E-state index contributed by atoms with van der Waals surface area (Å²) in [6, 6.07) is 7.12. The monoisotopic (exact) mass is 328 g/mol. The van der Waals surface area contributed by atoms with E-state index in [1.165, 1.54) is 38.2 Å². The minimum Gasteiger partial charge on any atom is -0.380 e. The van der Waals surface area contributed by atoms with Crippen LogP contribution in [0.4, 0.5) is 4.39 Å². The van der Waals surface area contributed by atoms with E-state index in [-0.39, 0.29) is 12.4 Å². The molecule has 4 heteroatoms. The Kier molecular flexibility index (Phi) is 5.56. The van der Waals surface area contributed by atoms with Crippen molar-refractivity contribution in [1.29, 1.82) is 0 Å². The Morgan fingerprint density at radius 3 is 2.62 bits per heavy atom. The number of aromatic nitrogens is 2. The van der Waals surface area contributed by atoms with Crippen molar-refractivity contribution in [2.75, 3.05) is 7.11 Å². The van der Waals surface area contributed by atoms with E-state index in [1.54, 1.807) is 19.4 Å². The summed E-state index contributed by atoms with van der Waals surface area (Å²) in [6.07, 6.45) is 8.01. The molecule has 0 aliphatic heterocycles. The second-order valence-electron chi connectivity index (χ2n) is 6.67. The van der Waals surface area contributed by atoms with Gasteiger partial charge >= 0.3 is 0 Å². The zero-order valence-corrected chi connectivity index (χ0v) is 14.5. The first-order valence-corrected chi connectivity index (χ1v) is 8.82. The molecule has 0 saturated heterocycles. The molecule has 1 aliphatic carbocycles. The van der Waals surface area contributed by atoms with Gasteiger partial charge in [-0.15, -0.1) is 0 Å². The molecule has 1 aromatic carbocycles. The molecular weight excluding hydrogens is 303 g/mol. The second kappa shape index (κ2) is 7.84. The first-order chi connectivity index (χ1) is 11.7. The van der Waals surface area contributed by atoms with Gasteiger partial charge in [0, 0.05) is 36.0 Å². The van der Waals surface area contributed by atoms with Gasteiger partial charge in [-0.05, 0) is 43.7 Å². The summed E-state index contributed by atoms with van der Waals surface area (Å²) in [5.41, 5.74) is 2.36. The van der Waals surface area contributed by atoms with E-state index < -0.39 is 0 Å². The van der Waals surface area contributed by atoms with E-state index in [0.717, 1.165) is 17.2 Å². The van der Waals surface area contributed by atoms with Crippen LogP contribution in [0.1, 0.15) is 56.2 Å². The Morgan fingerprint density at radius 2 is 1.96 bits per heavy atom. The van der Waals surface area contributed by atoms with Crippen LogP contribution in [0.2, 0.25) is 0 Å². The van der Waals surface area contributed by atoms with Gasteiger partial charge in [0.25, 0.3) is 0 Å². The Labute approximate surface area is 143 Å². The highest BCUT2D eigenvalue weighted by molar-refractivity contribution is 5.55. The number of benzene rings is 1. The quantitative estimate of drug-likeness (QED) is 0.765. The van der Waals surface area contributed by atoms with Crippen LogP contribution in [0.25, 0.3) is 11.4 Å². The lowest BCUT2D eigenvalue weighted by atomic mass is 9.79.